The Hall–Kier alpha value is -1.49. The van der Waals surface area contributed by atoms with Gasteiger partial charge in [-0.15, -0.1) is 5.06 Å². The number of nitrogens with zero attached hydrogens (tertiary/aromatic N) is 1. The van der Waals surface area contributed by atoms with Crippen molar-refractivity contribution in [3.63, 3.8) is 0 Å². The number of imide groups is 1. The second-order valence-electron chi connectivity index (χ2n) is 2.09. The minimum atomic E-state index is -0.508. The Labute approximate surface area is 68.5 Å². The number of rotatable bonds is 4. The average Bonchev–Trinajstić information content (AvgIpc) is 2.35. The molecule has 0 aliphatic carbocycles. The van der Waals surface area contributed by atoms with Crippen LogP contribution in [-0.2, 0) is 19.2 Å². The predicted octanol–water partition coefficient (Wildman–Crippen LogP) is -0.568. The maximum atomic E-state index is 10.8. The number of hydroxylamine groups is 2. The first-order valence-electron chi connectivity index (χ1n) is 3.38. The molecule has 0 aromatic carbocycles. The highest BCUT2D eigenvalue weighted by molar-refractivity contribution is 6.11. The van der Waals surface area contributed by atoms with Gasteiger partial charge in [-0.3, -0.25) is 14.4 Å². The normalized spacial score (nSPS) is 15.8. The molecule has 0 atom stereocenters. The van der Waals surface area contributed by atoms with Crippen molar-refractivity contribution in [1.82, 2.24) is 5.06 Å². The number of aldehydes is 1. The van der Waals surface area contributed by atoms with Crippen molar-refractivity contribution in [2.24, 2.45) is 0 Å². The van der Waals surface area contributed by atoms with E-state index in [4.69, 9.17) is 4.84 Å². The molecule has 1 heterocycles. The molecule has 0 spiro atoms. The SMILES string of the molecule is O=CCCON1C(=O)C=CC1=O. The van der Waals surface area contributed by atoms with E-state index in [0.717, 1.165) is 12.2 Å². The lowest BCUT2D eigenvalue weighted by Crippen LogP contribution is -2.30. The van der Waals surface area contributed by atoms with Gasteiger partial charge in [0.25, 0.3) is 11.8 Å². The molecule has 5 heteroatoms. The highest BCUT2D eigenvalue weighted by Crippen LogP contribution is 2.03. The van der Waals surface area contributed by atoms with Crippen LogP contribution in [0.25, 0.3) is 0 Å². The van der Waals surface area contributed by atoms with Crippen molar-refractivity contribution in [1.29, 1.82) is 0 Å². The van der Waals surface area contributed by atoms with Crippen LogP contribution in [0.5, 0.6) is 0 Å². The molecule has 0 radical (unpaired) electrons. The van der Waals surface area contributed by atoms with Crippen molar-refractivity contribution in [3.05, 3.63) is 12.2 Å². The summed E-state index contributed by atoms with van der Waals surface area (Å²) < 4.78 is 0. The largest absolute Gasteiger partial charge is 0.303 e. The van der Waals surface area contributed by atoms with Crippen molar-refractivity contribution >= 4 is 18.1 Å². The molecule has 0 saturated heterocycles. The monoisotopic (exact) mass is 169 g/mol. The summed E-state index contributed by atoms with van der Waals surface area (Å²) in [5, 5.41) is 0.628. The predicted molar refractivity (Wildman–Crippen MR) is 37.6 cm³/mol. The molecule has 1 rings (SSSR count). The molecule has 5 nitrogen and oxygen atoms in total. The number of carbonyl (C=O) groups excluding carboxylic acids is 3. The first kappa shape index (κ1) is 8.61. The Bertz CT molecular complexity index is 228. The van der Waals surface area contributed by atoms with Crippen LogP contribution in [0.3, 0.4) is 0 Å². The molecule has 0 N–H and O–H groups in total. The minimum absolute atomic E-state index is 0.0443. The lowest BCUT2D eigenvalue weighted by atomic mass is 10.5. The third kappa shape index (κ3) is 1.76. The summed E-state index contributed by atoms with van der Waals surface area (Å²) in [4.78, 5) is 36.1. The van der Waals surface area contributed by atoms with Gasteiger partial charge in [0.05, 0.1) is 6.61 Å². The van der Waals surface area contributed by atoms with E-state index in [-0.39, 0.29) is 13.0 Å². The van der Waals surface area contributed by atoms with Crippen LogP contribution in [0.15, 0.2) is 12.2 Å². The Morgan fingerprint density at radius 1 is 1.33 bits per heavy atom. The fraction of sp³-hybridized carbons (Fsp3) is 0.286. The van der Waals surface area contributed by atoms with E-state index in [1.807, 2.05) is 0 Å². The van der Waals surface area contributed by atoms with Gasteiger partial charge in [0.1, 0.15) is 6.29 Å². The van der Waals surface area contributed by atoms with E-state index in [1.165, 1.54) is 0 Å². The van der Waals surface area contributed by atoms with Gasteiger partial charge in [-0.2, -0.15) is 0 Å². The topological polar surface area (TPSA) is 63.7 Å². The van der Waals surface area contributed by atoms with Gasteiger partial charge in [-0.25, -0.2) is 0 Å². The van der Waals surface area contributed by atoms with Crippen LogP contribution in [0.1, 0.15) is 6.42 Å². The van der Waals surface area contributed by atoms with Crippen LogP contribution in [0, 0.1) is 0 Å². The van der Waals surface area contributed by atoms with Crippen molar-refractivity contribution in [2.45, 2.75) is 6.42 Å². The summed E-state index contributed by atoms with van der Waals surface area (Å²) in [6, 6.07) is 0. The Balaban J connectivity index is 2.37. The van der Waals surface area contributed by atoms with Crippen LogP contribution >= 0.6 is 0 Å². The maximum absolute atomic E-state index is 10.8. The average molecular weight is 169 g/mol. The smallest absolute Gasteiger partial charge is 0.277 e. The highest BCUT2D eigenvalue weighted by Gasteiger charge is 2.23. The quantitative estimate of drug-likeness (QED) is 0.321. The summed E-state index contributed by atoms with van der Waals surface area (Å²) in [5.41, 5.74) is 0. The molecule has 64 valence electrons. The van der Waals surface area contributed by atoms with Crippen molar-refractivity contribution in [3.8, 4) is 0 Å². The molecule has 12 heavy (non-hydrogen) atoms. The van der Waals surface area contributed by atoms with E-state index in [1.54, 1.807) is 0 Å². The molecule has 2 amide bonds. The molecule has 0 fully saturated rings. The Morgan fingerprint density at radius 2 is 1.92 bits per heavy atom. The summed E-state index contributed by atoms with van der Waals surface area (Å²) >= 11 is 0. The standard InChI is InChI=1S/C7H7NO4/c9-4-1-5-12-8-6(10)2-3-7(8)11/h2-4H,1,5H2. The van der Waals surface area contributed by atoms with E-state index in [9.17, 15) is 14.4 Å². The number of carbonyl (C=O) groups is 3. The molecule has 0 saturated carbocycles. The third-order valence-electron chi connectivity index (χ3n) is 1.22. The fourth-order valence-electron chi connectivity index (χ4n) is 0.706. The van der Waals surface area contributed by atoms with Crippen LogP contribution in [0.4, 0.5) is 0 Å². The van der Waals surface area contributed by atoms with Crippen molar-refractivity contribution in [2.75, 3.05) is 6.61 Å². The summed E-state index contributed by atoms with van der Waals surface area (Å²) in [6.45, 7) is 0.0443. The van der Waals surface area contributed by atoms with Gasteiger partial charge in [0.15, 0.2) is 0 Å². The zero-order valence-electron chi connectivity index (χ0n) is 6.23. The number of hydrogen-bond acceptors (Lipinski definition) is 4. The zero-order valence-corrected chi connectivity index (χ0v) is 6.23. The maximum Gasteiger partial charge on any atom is 0.277 e. The Morgan fingerprint density at radius 3 is 2.42 bits per heavy atom. The van der Waals surface area contributed by atoms with Gasteiger partial charge in [-0.05, 0) is 0 Å². The fourth-order valence-corrected chi connectivity index (χ4v) is 0.706. The second-order valence-corrected chi connectivity index (χ2v) is 2.09. The molecule has 0 aromatic heterocycles. The molecular weight excluding hydrogens is 162 g/mol. The molecule has 0 aromatic rings. The summed E-state index contributed by atoms with van der Waals surface area (Å²) in [5.74, 6) is -1.02. The molecular formula is C7H7NO4. The Kier molecular flexibility index (Phi) is 2.71. The first-order valence-corrected chi connectivity index (χ1v) is 3.38. The van der Waals surface area contributed by atoms with E-state index >= 15 is 0 Å². The van der Waals surface area contributed by atoms with E-state index < -0.39 is 11.8 Å². The summed E-state index contributed by atoms with van der Waals surface area (Å²) in [7, 11) is 0. The molecule has 1 aliphatic heterocycles. The van der Waals surface area contributed by atoms with Crippen molar-refractivity contribution < 1.29 is 19.2 Å². The molecule has 0 unspecified atom stereocenters. The van der Waals surface area contributed by atoms with Gasteiger partial charge in [-0.1, -0.05) is 0 Å². The molecule has 0 bridgehead atoms. The van der Waals surface area contributed by atoms with Gasteiger partial charge in [0, 0.05) is 18.6 Å². The lowest BCUT2D eigenvalue weighted by Gasteiger charge is -2.11. The van der Waals surface area contributed by atoms with Gasteiger partial charge < -0.3 is 4.79 Å². The van der Waals surface area contributed by atoms with E-state index in [0.29, 0.717) is 11.3 Å². The van der Waals surface area contributed by atoms with Gasteiger partial charge in [0.2, 0.25) is 0 Å². The minimum Gasteiger partial charge on any atom is -0.303 e. The van der Waals surface area contributed by atoms with Gasteiger partial charge >= 0.3 is 0 Å². The lowest BCUT2D eigenvalue weighted by molar-refractivity contribution is -0.185. The van der Waals surface area contributed by atoms with Crippen LogP contribution in [0.2, 0.25) is 0 Å². The second kappa shape index (κ2) is 3.77. The van der Waals surface area contributed by atoms with Crippen LogP contribution in [-0.4, -0.2) is 29.8 Å². The van der Waals surface area contributed by atoms with Crippen LogP contribution < -0.4 is 0 Å². The summed E-state index contributed by atoms with van der Waals surface area (Å²) in [6.07, 6.45) is 3.04. The highest BCUT2D eigenvalue weighted by atomic mass is 16.7. The third-order valence-corrected chi connectivity index (χ3v) is 1.22. The zero-order chi connectivity index (χ0) is 8.97. The number of amides is 2. The first-order chi connectivity index (χ1) is 5.75. The van der Waals surface area contributed by atoms with E-state index in [2.05, 4.69) is 0 Å². The number of hydrogen-bond donors (Lipinski definition) is 0. The molecule has 1 aliphatic rings.